The third-order valence-electron chi connectivity index (χ3n) is 3.21. The Hall–Kier alpha value is -1.35. The van der Waals surface area contributed by atoms with Gasteiger partial charge in [-0.25, -0.2) is 0 Å². The minimum Gasteiger partial charge on any atom is -0.462 e. The van der Waals surface area contributed by atoms with Gasteiger partial charge in [0.1, 0.15) is 5.60 Å². The van der Waals surface area contributed by atoms with Crippen LogP contribution < -0.4 is 0 Å². The number of hydrogen-bond donors (Lipinski definition) is 1. The van der Waals surface area contributed by atoms with Crippen LogP contribution in [0.4, 0.5) is 0 Å². The van der Waals surface area contributed by atoms with Crippen LogP contribution in [0.3, 0.4) is 0 Å². The molecule has 3 atom stereocenters. The number of aliphatic hydroxyl groups is 1. The third-order valence-corrected chi connectivity index (χ3v) is 3.21. The highest BCUT2D eigenvalue weighted by Crippen LogP contribution is 2.37. The van der Waals surface area contributed by atoms with Gasteiger partial charge in [0.15, 0.2) is 0 Å². The van der Waals surface area contributed by atoms with Crippen molar-refractivity contribution in [1.29, 1.82) is 0 Å². The Kier molecular flexibility index (Phi) is 2.72. The van der Waals surface area contributed by atoms with E-state index in [9.17, 15) is 9.90 Å². The van der Waals surface area contributed by atoms with Gasteiger partial charge < -0.3 is 9.84 Å². The summed E-state index contributed by atoms with van der Waals surface area (Å²) >= 11 is 0. The zero-order valence-electron chi connectivity index (χ0n) is 9.51. The van der Waals surface area contributed by atoms with E-state index in [0.29, 0.717) is 6.42 Å². The normalized spacial score (nSPS) is 28.6. The van der Waals surface area contributed by atoms with Crippen molar-refractivity contribution in [2.24, 2.45) is 5.92 Å². The van der Waals surface area contributed by atoms with Crippen molar-refractivity contribution in [2.45, 2.75) is 32.0 Å². The second-order valence-electron chi connectivity index (χ2n) is 4.55. The van der Waals surface area contributed by atoms with Crippen LogP contribution in [0.5, 0.6) is 0 Å². The quantitative estimate of drug-likeness (QED) is 0.774. The first-order chi connectivity index (χ1) is 7.51. The van der Waals surface area contributed by atoms with Gasteiger partial charge in [0, 0.05) is 6.42 Å². The molecule has 1 fully saturated rings. The molecule has 1 saturated heterocycles. The molecule has 0 spiro atoms. The summed E-state index contributed by atoms with van der Waals surface area (Å²) in [6.45, 7) is 3.52. The molecule has 3 unspecified atom stereocenters. The van der Waals surface area contributed by atoms with E-state index in [-0.39, 0.29) is 12.1 Å². The summed E-state index contributed by atoms with van der Waals surface area (Å²) in [5.74, 6) is -0.772. The Balaban J connectivity index is 2.29. The van der Waals surface area contributed by atoms with Gasteiger partial charge in [-0.05, 0) is 19.4 Å². The number of carbonyl (C=O) groups excluding carboxylic acids is 1. The molecule has 0 aromatic heterocycles. The summed E-state index contributed by atoms with van der Waals surface area (Å²) in [5, 5.41) is 10.5. The van der Waals surface area contributed by atoms with Crippen molar-refractivity contribution in [2.75, 3.05) is 0 Å². The van der Waals surface area contributed by atoms with Gasteiger partial charge in [-0.1, -0.05) is 30.3 Å². The molecule has 0 amide bonds. The topological polar surface area (TPSA) is 46.5 Å². The molecular weight excluding hydrogens is 204 g/mol. The molecule has 0 saturated carbocycles. The Morgan fingerprint density at radius 3 is 2.50 bits per heavy atom. The van der Waals surface area contributed by atoms with Crippen molar-refractivity contribution >= 4 is 5.97 Å². The molecule has 1 aromatic rings. The van der Waals surface area contributed by atoms with Gasteiger partial charge in [0.05, 0.1) is 12.0 Å². The smallest absolute Gasteiger partial charge is 0.312 e. The van der Waals surface area contributed by atoms with E-state index in [1.54, 1.807) is 6.92 Å². The van der Waals surface area contributed by atoms with E-state index in [4.69, 9.17) is 4.74 Å². The lowest BCUT2D eigenvalue weighted by molar-refractivity contribution is -0.150. The number of benzene rings is 1. The van der Waals surface area contributed by atoms with Crippen molar-refractivity contribution in [1.82, 2.24) is 0 Å². The average Bonchev–Trinajstić information content (AvgIpc) is 2.60. The lowest BCUT2D eigenvalue weighted by Crippen LogP contribution is -2.34. The molecule has 1 N–H and O–H groups in total. The Morgan fingerprint density at radius 2 is 2.00 bits per heavy atom. The highest BCUT2D eigenvalue weighted by Gasteiger charge is 2.45. The summed E-state index contributed by atoms with van der Waals surface area (Å²) in [4.78, 5) is 11.6. The van der Waals surface area contributed by atoms with Crippen LogP contribution in [0.15, 0.2) is 30.3 Å². The van der Waals surface area contributed by atoms with E-state index >= 15 is 0 Å². The Morgan fingerprint density at radius 1 is 1.38 bits per heavy atom. The second kappa shape index (κ2) is 3.91. The van der Waals surface area contributed by atoms with E-state index < -0.39 is 11.5 Å². The number of carbonyl (C=O) groups is 1. The van der Waals surface area contributed by atoms with Crippen LogP contribution >= 0.6 is 0 Å². The lowest BCUT2D eigenvalue weighted by Gasteiger charge is -2.27. The summed E-state index contributed by atoms with van der Waals surface area (Å²) in [5.41, 5.74) is -0.394. The maximum absolute atomic E-state index is 11.6. The Labute approximate surface area is 95.0 Å². The molecule has 2 rings (SSSR count). The van der Waals surface area contributed by atoms with Gasteiger partial charge >= 0.3 is 5.97 Å². The number of hydrogen-bond acceptors (Lipinski definition) is 3. The third kappa shape index (κ3) is 1.83. The van der Waals surface area contributed by atoms with Crippen LogP contribution in [0, 0.1) is 5.92 Å². The largest absolute Gasteiger partial charge is 0.462 e. The highest BCUT2D eigenvalue weighted by atomic mass is 16.6. The van der Waals surface area contributed by atoms with Gasteiger partial charge in [-0.2, -0.15) is 0 Å². The summed E-state index contributed by atoms with van der Waals surface area (Å²) in [7, 11) is 0. The number of esters is 1. The SMILES string of the molecule is CC1CC(C(C)(O)c2ccccc2)C(=O)O1. The minimum absolute atomic E-state index is 0.104. The second-order valence-corrected chi connectivity index (χ2v) is 4.55. The average molecular weight is 220 g/mol. The monoisotopic (exact) mass is 220 g/mol. The fraction of sp³-hybridized carbons (Fsp3) is 0.462. The van der Waals surface area contributed by atoms with Crippen molar-refractivity contribution in [3.05, 3.63) is 35.9 Å². The Bertz CT molecular complexity index is 383. The van der Waals surface area contributed by atoms with E-state index in [0.717, 1.165) is 5.56 Å². The first-order valence-corrected chi connectivity index (χ1v) is 5.50. The zero-order valence-corrected chi connectivity index (χ0v) is 9.51. The van der Waals surface area contributed by atoms with E-state index in [1.807, 2.05) is 37.3 Å². The first kappa shape index (κ1) is 11.1. The molecule has 1 aliphatic rings. The standard InChI is InChI=1S/C13H16O3/c1-9-8-11(12(14)16-9)13(2,15)10-6-4-3-5-7-10/h3-7,9,11,15H,8H2,1-2H3. The zero-order chi connectivity index (χ0) is 11.8. The van der Waals surface area contributed by atoms with Gasteiger partial charge in [-0.15, -0.1) is 0 Å². The van der Waals surface area contributed by atoms with Crippen LogP contribution in [0.25, 0.3) is 0 Å². The lowest BCUT2D eigenvalue weighted by atomic mass is 9.81. The highest BCUT2D eigenvalue weighted by molar-refractivity contribution is 5.76. The molecule has 0 bridgehead atoms. The predicted octanol–water partition coefficient (Wildman–Crippen LogP) is 1.85. The van der Waals surface area contributed by atoms with Crippen molar-refractivity contribution in [3.8, 4) is 0 Å². The summed E-state index contributed by atoms with van der Waals surface area (Å²) in [6.07, 6.45) is 0.466. The summed E-state index contributed by atoms with van der Waals surface area (Å²) in [6, 6.07) is 9.25. The molecule has 1 aromatic carbocycles. The number of ether oxygens (including phenoxy) is 1. The molecule has 0 aliphatic carbocycles. The van der Waals surface area contributed by atoms with Gasteiger partial charge in [0.25, 0.3) is 0 Å². The fourth-order valence-electron chi connectivity index (χ4n) is 2.19. The van der Waals surface area contributed by atoms with Gasteiger partial charge in [0.2, 0.25) is 0 Å². The maximum Gasteiger partial charge on any atom is 0.312 e. The number of cyclic esters (lactones) is 1. The molecule has 3 heteroatoms. The molecule has 0 radical (unpaired) electrons. The molecule has 1 heterocycles. The molecular formula is C13H16O3. The summed E-state index contributed by atoms with van der Waals surface area (Å²) < 4.78 is 5.08. The van der Waals surface area contributed by atoms with Crippen LogP contribution in [0.2, 0.25) is 0 Å². The first-order valence-electron chi connectivity index (χ1n) is 5.50. The molecule has 16 heavy (non-hydrogen) atoms. The minimum atomic E-state index is -1.15. The van der Waals surface area contributed by atoms with Crippen molar-refractivity contribution < 1.29 is 14.6 Å². The van der Waals surface area contributed by atoms with Crippen LogP contribution in [-0.2, 0) is 15.1 Å². The van der Waals surface area contributed by atoms with E-state index in [2.05, 4.69) is 0 Å². The predicted molar refractivity (Wildman–Crippen MR) is 59.7 cm³/mol. The van der Waals surface area contributed by atoms with Crippen LogP contribution in [0.1, 0.15) is 25.8 Å². The maximum atomic E-state index is 11.6. The van der Waals surface area contributed by atoms with Gasteiger partial charge in [-0.3, -0.25) is 4.79 Å². The molecule has 3 nitrogen and oxygen atoms in total. The molecule has 1 aliphatic heterocycles. The van der Waals surface area contributed by atoms with Crippen molar-refractivity contribution in [3.63, 3.8) is 0 Å². The fourth-order valence-corrected chi connectivity index (χ4v) is 2.19. The van der Waals surface area contributed by atoms with E-state index in [1.165, 1.54) is 0 Å². The molecule has 86 valence electrons. The van der Waals surface area contributed by atoms with Crippen LogP contribution in [-0.4, -0.2) is 17.2 Å². The number of rotatable bonds is 2.